The van der Waals surface area contributed by atoms with Crippen molar-refractivity contribution in [3.8, 4) is 5.69 Å². The van der Waals surface area contributed by atoms with Gasteiger partial charge in [0.15, 0.2) is 0 Å². The number of carbonyl (C=O) groups is 1. The summed E-state index contributed by atoms with van der Waals surface area (Å²) in [5, 5.41) is 0.415. The highest BCUT2D eigenvalue weighted by Crippen LogP contribution is 2.29. The molecule has 0 unspecified atom stereocenters. The largest absolute Gasteiger partial charge is 0.465 e. The molecule has 2 heterocycles. The number of hydrogen-bond acceptors (Lipinski definition) is 4. The summed E-state index contributed by atoms with van der Waals surface area (Å²) < 4.78 is 6.99. The van der Waals surface area contributed by atoms with E-state index in [0.29, 0.717) is 14.6 Å². The molecule has 0 aliphatic rings. The fourth-order valence-corrected chi connectivity index (χ4v) is 3.45. The van der Waals surface area contributed by atoms with Crippen molar-refractivity contribution >= 4 is 39.1 Å². The molecule has 0 aliphatic heterocycles. The number of thiophene rings is 1. The normalized spacial score (nSPS) is 10.9. The molecule has 3 rings (SSSR count). The lowest BCUT2D eigenvalue weighted by Crippen LogP contribution is -2.18. The number of benzene rings is 1. The van der Waals surface area contributed by atoms with Gasteiger partial charge in [-0.15, -0.1) is 11.3 Å². The minimum Gasteiger partial charge on any atom is -0.465 e. The summed E-state index contributed by atoms with van der Waals surface area (Å²) in [5.41, 5.74) is 1.59. The number of pyridine rings is 1. The van der Waals surface area contributed by atoms with Gasteiger partial charge < -0.3 is 9.30 Å². The molecule has 0 radical (unpaired) electrons. The Kier molecular flexibility index (Phi) is 3.76. The van der Waals surface area contributed by atoms with E-state index in [4.69, 9.17) is 16.3 Å². The Bertz CT molecular complexity index is 925. The first-order valence-corrected chi connectivity index (χ1v) is 7.71. The Morgan fingerprint density at radius 2 is 1.95 bits per heavy atom. The molecule has 112 valence electrons. The highest BCUT2D eigenvalue weighted by molar-refractivity contribution is 7.22. The fraction of sp³-hybridized carbons (Fsp3) is 0.125. The first kappa shape index (κ1) is 14.8. The summed E-state index contributed by atoms with van der Waals surface area (Å²) in [6, 6.07) is 9.36. The molecular weight excluding hydrogens is 322 g/mol. The van der Waals surface area contributed by atoms with Crippen molar-refractivity contribution < 1.29 is 9.53 Å². The van der Waals surface area contributed by atoms with E-state index in [2.05, 4.69) is 0 Å². The quantitative estimate of drug-likeness (QED) is 0.670. The van der Waals surface area contributed by atoms with E-state index in [1.54, 1.807) is 10.6 Å². The zero-order valence-corrected chi connectivity index (χ0v) is 13.5. The molecule has 0 saturated carbocycles. The van der Waals surface area contributed by atoms with Gasteiger partial charge in [-0.25, -0.2) is 4.79 Å². The van der Waals surface area contributed by atoms with Crippen LogP contribution >= 0.6 is 22.9 Å². The van der Waals surface area contributed by atoms with Crippen LogP contribution in [0.3, 0.4) is 0 Å². The molecule has 0 fully saturated rings. The van der Waals surface area contributed by atoms with Crippen LogP contribution in [0.1, 0.15) is 15.9 Å². The van der Waals surface area contributed by atoms with E-state index < -0.39 is 5.97 Å². The number of esters is 1. The molecule has 0 N–H and O–H groups in total. The van der Waals surface area contributed by atoms with Crippen LogP contribution in [0.4, 0.5) is 0 Å². The first-order valence-electron chi connectivity index (χ1n) is 6.51. The molecule has 0 bridgehead atoms. The van der Waals surface area contributed by atoms with Crippen LogP contribution in [0.5, 0.6) is 0 Å². The van der Waals surface area contributed by atoms with E-state index >= 15 is 0 Å². The topological polar surface area (TPSA) is 48.3 Å². The molecule has 3 aromatic rings. The summed E-state index contributed by atoms with van der Waals surface area (Å²) in [6.07, 6.45) is 1.51. The second kappa shape index (κ2) is 5.59. The third-order valence-corrected chi connectivity index (χ3v) is 4.63. The van der Waals surface area contributed by atoms with Crippen LogP contribution in [0.25, 0.3) is 15.9 Å². The van der Waals surface area contributed by atoms with Crippen LogP contribution in [0.2, 0.25) is 4.34 Å². The van der Waals surface area contributed by atoms with E-state index in [-0.39, 0.29) is 11.0 Å². The Morgan fingerprint density at radius 1 is 1.27 bits per heavy atom. The minimum atomic E-state index is -0.657. The number of hydrogen-bond donors (Lipinski definition) is 0. The average Bonchev–Trinajstić information content (AvgIpc) is 2.90. The van der Waals surface area contributed by atoms with Gasteiger partial charge in [0.05, 0.1) is 16.8 Å². The maximum Gasteiger partial charge on any atom is 0.343 e. The third kappa shape index (κ3) is 2.42. The molecule has 2 aromatic heterocycles. The molecule has 1 aromatic carbocycles. The Hall–Kier alpha value is -2.11. The van der Waals surface area contributed by atoms with Gasteiger partial charge in [0, 0.05) is 11.9 Å². The maximum atomic E-state index is 12.4. The van der Waals surface area contributed by atoms with Crippen molar-refractivity contribution in [2.75, 3.05) is 7.11 Å². The minimum absolute atomic E-state index is 0.00922. The number of nitrogens with zero attached hydrogens (tertiary/aromatic N) is 1. The number of carbonyl (C=O) groups excluding carboxylic acids is 1. The van der Waals surface area contributed by atoms with Crippen LogP contribution in [0, 0.1) is 6.92 Å². The zero-order valence-electron chi connectivity index (χ0n) is 11.9. The molecule has 0 saturated heterocycles. The van der Waals surface area contributed by atoms with Gasteiger partial charge in [-0.3, -0.25) is 4.79 Å². The molecular formula is C16H12ClNO3S. The van der Waals surface area contributed by atoms with Gasteiger partial charge in [0.1, 0.15) is 10.4 Å². The van der Waals surface area contributed by atoms with Gasteiger partial charge >= 0.3 is 5.97 Å². The lowest BCUT2D eigenvalue weighted by molar-refractivity contribution is 0.0599. The Morgan fingerprint density at radius 3 is 2.59 bits per heavy atom. The standard InChI is InChI=1S/C16H12ClNO3S/c1-9-3-5-10(6-4-9)18-8-12(16(20)21-2)14(19)11-7-13(17)22-15(11)18/h3-8H,1-2H3. The average molecular weight is 334 g/mol. The van der Waals surface area contributed by atoms with Crippen LogP contribution in [-0.2, 0) is 4.74 Å². The van der Waals surface area contributed by atoms with Gasteiger partial charge in [-0.05, 0) is 25.1 Å². The smallest absolute Gasteiger partial charge is 0.343 e. The highest BCUT2D eigenvalue weighted by Gasteiger charge is 2.18. The van der Waals surface area contributed by atoms with Crippen LogP contribution in [0.15, 0.2) is 41.3 Å². The van der Waals surface area contributed by atoms with E-state index in [9.17, 15) is 9.59 Å². The van der Waals surface area contributed by atoms with Crippen molar-refractivity contribution in [2.45, 2.75) is 6.92 Å². The van der Waals surface area contributed by atoms with Crippen molar-refractivity contribution in [1.29, 1.82) is 0 Å². The summed E-state index contributed by atoms with van der Waals surface area (Å²) in [4.78, 5) is 25.0. The maximum absolute atomic E-state index is 12.4. The predicted octanol–water partition coefficient (Wildman–Crippen LogP) is 3.80. The molecule has 0 aliphatic carbocycles. The lowest BCUT2D eigenvalue weighted by atomic mass is 10.2. The molecule has 6 heteroatoms. The monoisotopic (exact) mass is 333 g/mol. The number of halogens is 1. The Labute approximate surface area is 135 Å². The molecule has 0 spiro atoms. The van der Waals surface area contributed by atoms with Gasteiger partial charge in [0.25, 0.3) is 0 Å². The van der Waals surface area contributed by atoms with Crippen molar-refractivity contribution in [3.63, 3.8) is 0 Å². The zero-order chi connectivity index (χ0) is 15.9. The van der Waals surface area contributed by atoms with Gasteiger partial charge in [-0.1, -0.05) is 29.3 Å². The second-order valence-electron chi connectivity index (χ2n) is 4.84. The number of aromatic nitrogens is 1. The van der Waals surface area contributed by atoms with E-state index in [0.717, 1.165) is 11.3 Å². The molecule has 4 nitrogen and oxygen atoms in total. The van der Waals surface area contributed by atoms with Crippen molar-refractivity contribution in [3.05, 3.63) is 62.2 Å². The lowest BCUT2D eigenvalue weighted by Gasteiger charge is -2.10. The number of ether oxygens (including phenoxy) is 1. The number of methoxy groups -OCH3 is 1. The highest BCUT2D eigenvalue weighted by atomic mass is 35.5. The Balaban J connectivity index is 2.37. The SMILES string of the molecule is COC(=O)c1cn(-c2ccc(C)cc2)c2sc(Cl)cc2c1=O. The number of fused-ring (bicyclic) bond motifs is 1. The third-order valence-electron chi connectivity index (χ3n) is 3.37. The molecule has 0 atom stereocenters. The van der Waals surface area contributed by atoms with E-state index in [1.807, 2.05) is 31.2 Å². The van der Waals surface area contributed by atoms with Gasteiger partial charge in [0.2, 0.25) is 5.43 Å². The molecule has 0 amide bonds. The summed E-state index contributed by atoms with van der Waals surface area (Å²) in [5.74, 6) is -0.657. The van der Waals surface area contributed by atoms with Crippen LogP contribution < -0.4 is 5.43 Å². The van der Waals surface area contributed by atoms with Gasteiger partial charge in [-0.2, -0.15) is 0 Å². The summed E-state index contributed by atoms with van der Waals surface area (Å²) >= 11 is 7.35. The number of rotatable bonds is 2. The molecule has 22 heavy (non-hydrogen) atoms. The number of aryl methyl sites for hydroxylation is 1. The van der Waals surface area contributed by atoms with Crippen molar-refractivity contribution in [2.24, 2.45) is 0 Å². The van der Waals surface area contributed by atoms with Crippen LogP contribution in [-0.4, -0.2) is 17.6 Å². The summed E-state index contributed by atoms with van der Waals surface area (Å²) in [7, 11) is 1.25. The predicted molar refractivity (Wildman–Crippen MR) is 88.5 cm³/mol. The van der Waals surface area contributed by atoms with Crippen molar-refractivity contribution in [1.82, 2.24) is 4.57 Å². The fourth-order valence-electron chi connectivity index (χ4n) is 2.24. The summed E-state index contributed by atoms with van der Waals surface area (Å²) in [6.45, 7) is 1.99. The first-order chi connectivity index (χ1) is 10.5. The van der Waals surface area contributed by atoms with E-state index in [1.165, 1.54) is 24.6 Å². The second-order valence-corrected chi connectivity index (χ2v) is 6.50.